The van der Waals surface area contributed by atoms with E-state index in [4.69, 9.17) is 0 Å². The van der Waals surface area contributed by atoms with Gasteiger partial charge in [-0.15, -0.1) is 24.8 Å². The fourth-order valence-electron chi connectivity index (χ4n) is 2.76. The zero-order valence-electron chi connectivity index (χ0n) is 8.18. The minimum atomic E-state index is 0. The number of nitrogens with one attached hydrogen (secondary N) is 1. The molecule has 0 radical (unpaired) electrons. The summed E-state index contributed by atoms with van der Waals surface area (Å²) in [6.07, 6.45) is 10.4. The fourth-order valence-corrected chi connectivity index (χ4v) is 2.76. The van der Waals surface area contributed by atoms with E-state index in [1.165, 1.54) is 58.0 Å². The van der Waals surface area contributed by atoms with E-state index < -0.39 is 0 Å². The second kappa shape index (κ2) is 6.10. The minimum absolute atomic E-state index is 0. The standard InChI is InChI=1S/C10H19N.2ClH/c1-2-4-10(5-3-1)6-8-11-9-7-10;;/h11H,1-9H2;2*1H. The molecular weight excluding hydrogens is 205 g/mol. The normalized spacial score (nSPS) is 25.8. The highest BCUT2D eigenvalue weighted by Crippen LogP contribution is 2.42. The summed E-state index contributed by atoms with van der Waals surface area (Å²) in [6.45, 7) is 2.56. The Bertz CT molecular complexity index is 107. The highest BCUT2D eigenvalue weighted by molar-refractivity contribution is 5.85. The predicted octanol–water partition coefficient (Wildman–Crippen LogP) is 3.16. The Hall–Kier alpha value is 0.540. The average Bonchev–Trinajstić information content (AvgIpc) is 2.07. The molecule has 1 saturated heterocycles. The van der Waals surface area contributed by atoms with Gasteiger partial charge in [0, 0.05) is 0 Å². The molecule has 2 fully saturated rings. The number of hydrogen-bond donors (Lipinski definition) is 1. The molecule has 80 valence electrons. The monoisotopic (exact) mass is 225 g/mol. The lowest BCUT2D eigenvalue weighted by molar-refractivity contribution is 0.134. The first-order valence-electron chi connectivity index (χ1n) is 5.12. The topological polar surface area (TPSA) is 12.0 Å². The van der Waals surface area contributed by atoms with Crippen LogP contribution in [0.3, 0.4) is 0 Å². The van der Waals surface area contributed by atoms with E-state index in [2.05, 4.69) is 5.32 Å². The molecule has 3 heteroatoms. The van der Waals surface area contributed by atoms with Gasteiger partial charge in [0.25, 0.3) is 0 Å². The molecule has 1 aliphatic carbocycles. The van der Waals surface area contributed by atoms with Crippen LogP contribution in [0.2, 0.25) is 0 Å². The summed E-state index contributed by atoms with van der Waals surface area (Å²) < 4.78 is 0. The lowest BCUT2D eigenvalue weighted by atomic mass is 9.68. The first kappa shape index (κ1) is 13.5. The SMILES string of the molecule is C1CCC2(CC1)CCNCC2.Cl.Cl. The Morgan fingerprint density at radius 2 is 1.23 bits per heavy atom. The third-order valence-electron chi connectivity index (χ3n) is 3.58. The van der Waals surface area contributed by atoms with E-state index in [9.17, 15) is 0 Å². The summed E-state index contributed by atoms with van der Waals surface area (Å²) in [5.41, 5.74) is 0.795. The van der Waals surface area contributed by atoms with Crippen LogP contribution in [-0.2, 0) is 0 Å². The summed E-state index contributed by atoms with van der Waals surface area (Å²) in [5, 5.41) is 3.46. The Balaban J connectivity index is 0.000000720. The molecule has 1 nitrogen and oxygen atoms in total. The van der Waals surface area contributed by atoms with Crippen LogP contribution in [0.5, 0.6) is 0 Å². The third kappa shape index (κ3) is 3.30. The van der Waals surface area contributed by atoms with Gasteiger partial charge < -0.3 is 5.32 Å². The van der Waals surface area contributed by atoms with Gasteiger partial charge in [0.15, 0.2) is 0 Å². The van der Waals surface area contributed by atoms with Crippen molar-refractivity contribution in [1.82, 2.24) is 5.32 Å². The molecular formula is C10H21Cl2N. The molecule has 0 aromatic rings. The van der Waals surface area contributed by atoms with Crippen molar-refractivity contribution in [2.75, 3.05) is 13.1 Å². The van der Waals surface area contributed by atoms with E-state index in [-0.39, 0.29) is 24.8 Å². The van der Waals surface area contributed by atoms with Gasteiger partial charge >= 0.3 is 0 Å². The smallest absolute Gasteiger partial charge is 0.00436 e. The van der Waals surface area contributed by atoms with Gasteiger partial charge in [-0.2, -0.15) is 0 Å². The summed E-state index contributed by atoms with van der Waals surface area (Å²) in [4.78, 5) is 0. The van der Waals surface area contributed by atoms with Crippen molar-refractivity contribution in [3.05, 3.63) is 0 Å². The van der Waals surface area contributed by atoms with Crippen molar-refractivity contribution in [3.8, 4) is 0 Å². The molecule has 2 aliphatic rings. The molecule has 0 aromatic heterocycles. The van der Waals surface area contributed by atoms with Gasteiger partial charge in [-0.05, 0) is 44.2 Å². The fraction of sp³-hybridized carbons (Fsp3) is 1.00. The van der Waals surface area contributed by atoms with Crippen molar-refractivity contribution in [1.29, 1.82) is 0 Å². The van der Waals surface area contributed by atoms with Crippen LogP contribution >= 0.6 is 24.8 Å². The maximum absolute atomic E-state index is 3.46. The molecule has 0 bridgehead atoms. The summed E-state index contributed by atoms with van der Waals surface area (Å²) >= 11 is 0. The highest BCUT2D eigenvalue weighted by atomic mass is 35.5. The van der Waals surface area contributed by atoms with Crippen molar-refractivity contribution < 1.29 is 0 Å². The van der Waals surface area contributed by atoms with Gasteiger partial charge in [0.2, 0.25) is 0 Å². The predicted molar refractivity (Wildman–Crippen MR) is 62.1 cm³/mol. The van der Waals surface area contributed by atoms with E-state index in [0.29, 0.717) is 0 Å². The van der Waals surface area contributed by atoms with Crippen LogP contribution in [0.1, 0.15) is 44.9 Å². The lowest BCUT2D eigenvalue weighted by Gasteiger charge is -2.40. The lowest BCUT2D eigenvalue weighted by Crippen LogP contribution is -2.37. The molecule has 1 aliphatic heterocycles. The van der Waals surface area contributed by atoms with Gasteiger partial charge in [-0.1, -0.05) is 19.3 Å². The highest BCUT2D eigenvalue weighted by Gasteiger charge is 2.32. The Kier molecular flexibility index (Phi) is 6.36. The summed E-state index contributed by atoms with van der Waals surface area (Å²) in [6, 6.07) is 0. The maximum Gasteiger partial charge on any atom is -0.00436 e. The number of hydrogen-bond acceptors (Lipinski definition) is 1. The van der Waals surface area contributed by atoms with E-state index >= 15 is 0 Å². The largest absolute Gasteiger partial charge is 0.317 e. The van der Waals surface area contributed by atoms with Crippen molar-refractivity contribution in [2.45, 2.75) is 44.9 Å². The Morgan fingerprint density at radius 1 is 0.692 bits per heavy atom. The molecule has 0 unspecified atom stereocenters. The summed E-state index contributed by atoms with van der Waals surface area (Å²) in [5.74, 6) is 0. The van der Waals surface area contributed by atoms with Crippen LogP contribution in [0.25, 0.3) is 0 Å². The molecule has 0 aromatic carbocycles. The molecule has 13 heavy (non-hydrogen) atoms. The van der Waals surface area contributed by atoms with Gasteiger partial charge in [-0.25, -0.2) is 0 Å². The maximum atomic E-state index is 3.46. The number of rotatable bonds is 0. The average molecular weight is 226 g/mol. The van der Waals surface area contributed by atoms with Crippen molar-refractivity contribution in [2.24, 2.45) is 5.41 Å². The number of piperidine rings is 1. The number of halogens is 2. The van der Waals surface area contributed by atoms with Crippen LogP contribution in [0.4, 0.5) is 0 Å². The zero-order chi connectivity index (χ0) is 7.57. The minimum Gasteiger partial charge on any atom is -0.317 e. The molecule has 0 atom stereocenters. The second-order valence-corrected chi connectivity index (χ2v) is 4.31. The van der Waals surface area contributed by atoms with E-state index in [0.717, 1.165) is 5.41 Å². The van der Waals surface area contributed by atoms with Crippen molar-refractivity contribution >= 4 is 24.8 Å². The zero-order valence-corrected chi connectivity index (χ0v) is 9.81. The molecule has 1 heterocycles. The van der Waals surface area contributed by atoms with E-state index in [1.807, 2.05) is 0 Å². The molecule has 1 saturated carbocycles. The Labute approximate surface area is 93.9 Å². The van der Waals surface area contributed by atoms with E-state index in [1.54, 1.807) is 0 Å². The quantitative estimate of drug-likeness (QED) is 0.669. The summed E-state index contributed by atoms with van der Waals surface area (Å²) in [7, 11) is 0. The van der Waals surface area contributed by atoms with Crippen LogP contribution in [0.15, 0.2) is 0 Å². The van der Waals surface area contributed by atoms with Crippen LogP contribution in [0, 0.1) is 5.41 Å². The van der Waals surface area contributed by atoms with Crippen LogP contribution < -0.4 is 5.32 Å². The molecule has 1 N–H and O–H groups in total. The Morgan fingerprint density at radius 3 is 1.77 bits per heavy atom. The first-order valence-corrected chi connectivity index (χ1v) is 5.12. The molecule has 2 rings (SSSR count). The second-order valence-electron chi connectivity index (χ2n) is 4.31. The van der Waals surface area contributed by atoms with Crippen LogP contribution in [-0.4, -0.2) is 13.1 Å². The van der Waals surface area contributed by atoms with Gasteiger partial charge in [-0.3, -0.25) is 0 Å². The first-order chi connectivity index (χ1) is 5.41. The van der Waals surface area contributed by atoms with Gasteiger partial charge in [0.05, 0.1) is 0 Å². The van der Waals surface area contributed by atoms with Gasteiger partial charge in [0.1, 0.15) is 0 Å². The molecule has 0 amide bonds. The van der Waals surface area contributed by atoms with Crippen molar-refractivity contribution in [3.63, 3.8) is 0 Å². The third-order valence-corrected chi connectivity index (χ3v) is 3.58. The molecule has 1 spiro atoms.